The number of ether oxygens (including phenoxy) is 2. The number of rotatable bonds is 1. The predicted octanol–water partition coefficient (Wildman–Crippen LogP) is 0.641. The Labute approximate surface area is 82.3 Å². The average molecular weight is 196 g/mol. The Hall–Kier alpha value is -1.70. The molecular weight excluding hydrogens is 184 g/mol. The Morgan fingerprint density at radius 1 is 1.71 bits per heavy atom. The lowest BCUT2D eigenvalue weighted by Crippen LogP contribution is -2.34. The number of nitrogens with zero attached hydrogens (tertiary/aromatic N) is 1. The molecule has 0 unspecified atom stereocenters. The van der Waals surface area contributed by atoms with Gasteiger partial charge in [-0.05, 0) is 13.8 Å². The number of allylic oxidation sites excluding steroid dienone is 1. The third kappa shape index (κ3) is 2.39. The summed E-state index contributed by atoms with van der Waals surface area (Å²) in [5, 5.41) is 11.6. The van der Waals surface area contributed by atoms with Crippen LogP contribution in [0.2, 0.25) is 0 Å². The number of carbonyl (C=O) groups is 1. The first-order chi connectivity index (χ1) is 6.44. The normalized spacial score (nSPS) is 21.6. The Balaban J connectivity index is 2.83. The fourth-order valence-electron chi connectivity index (χ4n) is 1.02. The molecule has 0 spiro atoms. The summed E-state index contributed by atoms with van der Waals surface area (Å²) in [6.07, 6.45) is 0. The highest BCUT2D eigenvalue weighted by atomic mass is 16.6. The number of esters is 1. The monoisotopic (exact) mass is 196 g/mol. The van der Waals surface area contributed by atoms with Crippen LogP contribution in [0.15, 0.2) is 11.6 Å². The Bertz CT molecular complexity index is 325. The van der Waals surface area contributed by atoms with Gasteiger partial charge in [0, 0.05) is 6.92 Å². The molecule has 0 atom stereocenters. The van der Waals surface area contributed by atoms with Crippen molar-refractivity contribution in [2.45, 2.75) is 26.3 Å². The molecule has 1 aliphatic rings. The zero-order valence-corrected chi connectivity index (χ0v) is 8.38. The SMILES string of the molecule is CC(=O)O/C(C#N)=C1\NC(C)(C)CO1. The lowest BCUT2D eigenvalue weighted by atomic mass is 10.1. The summed E-state index contributed by atoms with van der Waals surface area (Å²) < 4.78 is 9.86. The van der Waals surface area contributed by atoms with Crippen LogP contribution in [-0.2, 0) is 14.3 Å². The van der Waals surface area contributed by atoms with Gasteiger partial charge in [0.25, 0.3) is 5.76 Å². The molecule has 0 radical (unpaired) electrons. The molecule has 1 heterocycles. The highest BCUT2D eigenvalue weighted by Crippen LogP contribution is 2.19. The van der Waals surface area contributed by atoms with Crippen LogP contribution >= 0.6 is 0 Å². The van der Waals surface area contributed by atoms with Crippen LogP contribution in [0.5, 0.6) is 0 Å². The van der Waals surface area contributed by atoms with Crippen LogP contribution in [-0.4, -0.2) is 18.1 Å². The molecule has 0 aromatic rings. The fourth-order valence-corrected chi connectivity index (χ4v) is 1.02. The molecule has 1 saturated heterocycles. The van der Waals surface area contributed by atoms with E-state index in [0.29, 0.717) is 6.61 Å². The molecule has 14 heavy (non-hydrogen) atoms. The molecule has 5 nitrogen and oxygen atoms in total. The number of hydrogen-bond donors (Lipinski definition) is 1. The van der Waals surface area contributed by atoms with Gasteiger partial charge < -0.3 is 14.8 Å². The van der Waals surface area contributed by atoms with Crippen LogP contribution in [0.25, 0.3) is 0 Å². The van der Waals surface area contributed by atoms with Gasteiger partial charge in [-0.15, -0.1) is 0 Å². The Morgan fingerprint density at radius 3 is 2.71 bits per heavy atom. The van der Waals surface area contributed by atoms with E-state index in [1.54, 1.807) is 6.07 Å². The van der Waals surface area contributed by atoms with Gasteiger partial charge in [-0.1, -0.05) is 0 Å². The highest BCUT2D eigenvalue weighted by molar-refractivity contribution is 5.68. The third-order valence-corrected chi connectivity index (χ3v) is 1.58. The molecular formula is C9H12N2O3. The quantitative estimate of drug-likeness (QED) is 0.378. The van der Waals surface area contributed by atoms with Crippen LogP contribution < -0.4 is 5.32 Å². The molecule has 0 aromatic heterocycles. The minimum atomic E-state index is -0.538. The van der Waals surface area contributed by atoms with E-state index in [2.05, 4.69) is 10.1 Å². The summed E-state index contributed by atoms with van der Waals surface area (Å²) in [6.45, 7) is 5.51. The van der Waals surface area contributed by atoms with Crippen molar-refractivity contribution in [3.63, 3.8) is 0 Å². The standard InChI is InChI=1S/C9H12N2O3/c1-6(12)14-7(4-10)8-11-9(2,3)5-13-8/h11H,5H2,1-3H3/b8-7+. The van der Waals surface area contributed by atoms with E-state index in [9.17, 15) is 4.79 Å². The first kappa shape index (κ1) is 10.4. The number of carbonyl (C=O) groups excluding carboxylic acids is 1. The second kappa shape index (κ2) is 3.58. The van der Waals surface area contributed by atoms with Gasteiger partial charge in [0.1, 0.15) is 12.7 Å². The minimum Gasteiger partial charge on any atom is -0.474 e. The maximum Gasteiger partial charge on any atom is 0.308 e. The largest absolute Gasteiger partial charge is 0.474 e. The minimum absolute atomic E-state index is 0.122. The van der Waals surface area contributed by atoms with Crippen molar-refractivity contribution >= 4 is 5.97 Å². The smallest absolute Gasteiger partial charge is 0.308 e. The molecule has 1 N–H and O–H groups in total. The molecule has 5 heteroatoms. The molecule has 0 aromatic carbocycles. The summed E-state index contributed by atoms with van der Waals surface area (Å²) in [5.41, 5.74) is -0.239. The van der Waals surface area contributed by atoms with E-state index in [1.165, 1.54) is 6.92 Å². The van der Waals surface area contributed by atoms with E-state index in [0.717, 1.165) is 0 Å². The first-order valence-electron chi connectivity index (χ1n) is 4.18. The van der Waals surface area contributed by atoms with Gasteiger partial charge in [-0.2, -0.15) is 5.26 Å². The fraction of sp³-hybridized carbons (Fsp3) is 0.556. The van der Waals surface area contributed by atoms with Crippen molar-refractivity contribution in [2.24, 2.45) is 0 Å². The zero-order valence-electron chi connectivity index (χ0n) is 8.38. The van der Waals surface area contributed by atoms with E-state index in [-0.39, 0.29) is 17.2 Å². The molecule has 1 aliphatic heterocycles. The molecule has 0 bridgehead atoms. The van der Waals surface area contributed by atoms with E-state index < -0.39 is 5.97 Å². The zero-order chi connectivity index (χ0) is 10.8. The van der Waals surface area contributed by atoms with Crippen molar-refractivity contribution in [1.29, 1.82) is 5.26 Å². The highest BCUT2D eigenvalue weighted by Gasteiger charge is 2.30. The Morgan fingerprint density at radius 2 is 2.36 bits per heavy atom. The molecule has 1 rings (SSSR count). The van der Waals surface area contributed by atoms with Gasteiger partial charge >= 0.3 is 5.97 Å². The second-order valence-corrected chi connectivity index (χ2v) is 3.66. The van der Waals surface area contributed by atoms with Crippen LogP contribution in [0.4, 0.5) is 0 Å². The lowest BCUT2D eigenvalue weighted by molar-refractivity contribution is -0.136. The van der Waals surface area contributed by atoms with Gasteiger partial charge in [-0.3, -0.25) is 4.79 Å². The van der Waals surface area contributed by atoms with Crippen molar-refractivity contribution in [3.05, 3.63) is 11.6 Å². The van der Waals surface area contributed by atoms with Gasteiger partial charge in [0.15, 0.2) is 0 Å². The predicted molar refractivity (Wildman–Crippen MR) is 47.6 cm³/mol. The van der Waals surface area contributed by atoms with Crippen molar-refractivity contribution in [3.8, 4) is 6.07 Å². The summed E-state index contributed by atoms with van der Waals surface area (Å²) in [6, 6.07) is 1.76. The van der Waals surface area contributed by atoms with Crippen LogP contribution in [0.1, 0.15) is 20.8 Å². The van der Waals surface area contributed by atoms with Gasteiger partial charge in [0.05, 0.1) is 5.54 Å². The third-order valence-electron chi connectivity index (χ3n) is 1.58. The first-order valence-corrected chi connectivity index (χ1v) is 4.18. The van der Waals surface area contributed by atoms with E-state index in [1.807, 2.05) is 13.8 Å². The van der Waals surface area contributed by atoms with E-state index >= 15 is 0 Å². The van der Waals surface area contributed by atoms with Crippen LogP contribution in [0.3, 0.4) is 0 Å². The lowest BCUT2D eigenvalue weighted by Gasteiger charge is -2.13. The maximum absolute atomic E-state index is 10.6. The summed E-state index contributed by atoms with van der Waals surface area (Å²) >= 11 is 0. The number of hydrogen-bond acceptors (Lipinski definition) is 5. The topological polar surface area (TPSA) is 71.4 Å². The van der Waals surface area contributed by atoms with Gasteiger partial charge in [0.2, 0.25) is 5.88 Å². The molecule has 0 aliphatic carbocycles. The van der Waals surface area contributed by atoms with Crippen LogP contribution in [0, 0.1) is 11.3 Å². The number of nitriles is 1. The second-order valence-electron chi connectivity index (χ2n) is 3.66. The number of nitrogens with one attached hydrogen (secondary N) is 1. The Kier molecular flexibility index (Phi) is 2.65. The van der Waals surface area contributed by atoms with Crippen molar-refractivity contribution < 1.29 is 14.3 Å². The molecule has 76 valence electrons. The molecule has 0 saturated carbocycles. The summed E-state index contributed by atoms with van der Waals surface area (Å²) in [7, 11) is 0. The summed E-state index contributed by atoms with van der Waals surface area (Å²) in [4.78, 5) is 10.6. The molecule has 1 fully saturated rings. The molecule has 0 amide bonds. The summed E-state index contributed by atoms with van der Waals surface area (Å²) in [5.74, 6) is -0.431. The van der Waals surface area contributed by atoms with E-state index in [4.69, 9.17) is 10.00 Å². The van der Waals surface area contributed by atoms with Crippen molar-refractivity contribution in [2.75, 3.05) is 6.61 Å². The van der Waals surface area contributed by atoms with Gasteiger partial charge in [-0.25, -0.2) is 0 Å². The maximum atomic E-state index is 10.6. The average Bonchev–Trinajstić information content (AvgIpc) is 2.41. The van der Waals surface area contributed by atoms with Crippen molar-refractivity contribution in [1.82, 2.24) is 5.32 Å².